The highest BCUT2D eigenvalue weighted by Crippen LogP contribution is 2.15. The van der Waals surface area contributed by atoms with Crippen molar-refractivity contribution in [3.63, 3.8) is 0 Å². The van der Waals surface area contributed by atoms with Gasteiger partial charge >= 0.3 is 0 Å². The van der Waals surface area contributed by atoms with Crippen molar-refractivity contribution < 1.29 is 4.74 Å². The quantitative estimate of drug-likeness (QED) is 0.562. The maximum atomic E-state index is 5.34. The summed E-state index contributed by atoms with van der Waals surface area (Å²) in [5.74, 6) is 1.63. The SMILES string of the molecule is C=CCOC1=CCC(C)C=C1. The predicted molar refractivity (Wildman–Crippen MR) is 47.2 cm³/mol. The molecular weight excluding hydrogens is 136 g/mol. The van der Waals surface area contributed by atoms with E-state index in [4.69, 9.17) is 4.74 Å². The third kappa shape index (κ3) is 2.62. The maximum Gasteiger partial charge on any atom is 0.115 e. The Labute approximate surface area is 68.1 Å². The minimum Gasteiger partial charge on any atom is -0.490 e. The van der Waals surface area contributed by atoms with Gasteiger partial charge in [-0.1, -0.05) is 25.7 Å². The standard InChI is InChI=1S/C10H14O/c1-3-8-11-10-6-4-9(2)5-7-10/h3-4,6-7,9H,1,5,8H2,2H3. The van der Waals surface area contributed by atoms with E-state index in [-0.39, 0.29) is 0 Å². The lowest BCUT2D eigenvalue weighted by Gasteiger charge is -2.11. The van der Waals surface area contributed by atoms with Crippen molar-refractivity contribution in [3.05, 3.63) is 36.6 Å². The third-order valence-corrected chi connectivity index (χ3v) is 1.65. The van der Waals surface area contributed by atoms with Crippen LogP contribution in [0.5, 0.6) is 0 Å². The monoisotopic (exact) mass is 150 g/mol. The topological polar surface area (TPSA) is 9.23 Å². The van der Waals surface area contributed by atoms with Gasteiger partial charge in [0.05, 0.1) is 0 Å². The second-order valence-electron chi connectivity index (χ2n) is 2.78. The van der Waals surface area contributed by atoms with E-state index in [1.807, 2.05) is 6.08 Å². The average Bonchev–Trinajstić information content (AvgIpc) is 2.04. The van der Waals surface area contributed by atoms with Crippen molar-refractivity contribution in [2.75, 3.05) is 6.61 Å². The largest absolute Gasteiger partial charge is 0.490 e. The van der Waals surface area contributed by atoms with Crippen LogP contribution in [0, 0.1) is 5.92 Å². The molecule has 0 saturated heterocycles. The van der Waals surface area contributed by atoms with Gasteiger partial charge in [0.25, 0.3) is 0 Å². The molecule has 0 radical (unpaired) electrons. The van der Waals surface area contributed by atoms with Gasteiger partial charge in [0.15, 0.2) is 0 Å². The van der Waals surface area contributed by atoms with Crippen LogP contribution in [0.4, 0.5) is 0 Å². The van der Waals surface area contributed by atoms with Crippen LogP contribution in [0.25, 0.3) is 0 Å². The molecule has 1 heteroatoms. The molecule has 0 saturated carbocycles. The zero-order valence-electron chi connectivity index (χ0n) is 6.92. The molecule has 0 fully saturated rings. The van der Waals surface area contributed by atoms with Gasteiger partial charge in [0.1, 0.15) is 12.4 Å². The molecule has 0 N–H and O–H groups in total. The van der Waals surface area contributed by atoms with Crippen molar-refractivity contribution in [3.8, 4) is 0 Å². The van der Waals surface area contributed by atoms with Crippen molar-refractivity contribution in [1.29, 1.82) is 0 Å². The van der Waals surface area contributed by atoms with Gasteiger partial charge in [0.2, 0.25) is 0 Å². The zero-order chi connectivity index (χ0) is 8.10. The third-order valence-electron chi connectivity index (χ3n) is 1.65. The van der Waals surface area contributed by atoms with Gasteiger partial charge in [-0.2, -0.15) is 0 Å². The minimum atomic E-state index is 0.602. The van der Waals surface area contributed by atoms with E-state index < -0.39 is 0 Å². The first kappa shape index (κ1) is 8.12. The zero-order valence-corrected chi connectivity index (χ0v) is 6.92. The van der Waals surface area contributed by atoms with Crippen LogP contribution in [-0.2, 0) is 4.74 Å². The summed E-state index contributed by atoms with van der Waals surface area (Å²) in [5.41, 5.74) is 0. The van der Waals surface area contributed by atoms with Crippen LogP contribution in [0.1, 0.15) is 13.3 Å². The smallest absolute Gasteiger partial charge is 0.115 e. The Morgan fingerprint density at radius 2 is 2.64 bits per heavy atom. The Morgan fingerprint density at radius 1 is 1.82 bits per heavy atom. The van der Waals surface area contributed by atoms with E-state index in [2.05, 4.69) is 25.7 Å². The van der Waals surface area contributed by atoms with E-state index >= 15 is 0 Å². The van der Waals surface area contributed by atoms with Crippen molar-refractivity contribution in [2.24, 2.45) is 5.92 Å². The van der Waals surface area contributed by atoms with E-state index in [1.54, 1.807) is 6.08 Å². The minimum absolute atomic E-state index is 0.602. The molecule has 1 aliphatic rings. The average molecular weight is 150 g/mol. The maximum absolute atomic E-state index is 5.34. The second-order valence-corrected chi connectivity index (χ2v) is 2.78. The van der Waals surface area contributed by atoms with Crippen LogP contribution < -0.4 is 0 Å². The van der Waals surface area contributed by atoms with E-state index in [1.165, 1.54) is 0 Å². The summed E-state index contributed by atoms with van der Waals surface area (Å²) < 4.78 is 5.34. The molecule has 0 amide bonds. The van der Waals surface area contributed by atoms with Crippen LogP contribution in [-0.4, -0.2) is 6.61 Å². The molecule has 0 aromatic rings. The highest BCUT2D eigenvalue weighted by Gasteiger charge is 2.02. The van der Waals surface area contributed by atoms with Crippen molar-refractivity contribution in [2.45, 2.75) is 13.3 Å². The van der Waals surface area contributed by atoms with Gasteiger partial charge in [-0.15, -0.1) is 0 Å². The molecule has 0 spiro atoms. The summed E-state index contributed by atoms with van der Waals surface area (Å²) in [6.07, 6.45) is 9.15. The van der Waals surface area contributed by atoms with Gasteiger partial charge in [0, 0.05) is 0 Å². The molecule has 11 heavy (non-hydrogen) atoms. The summed E-state index contributed by atoms with van der Waals surface area (Å²) in [6, 6.07) is 0. The van der Waals surface area contributed by atoms with E-state index in [9.17, 15) is 0 Å². The molecule has 1 nitrogen and oxygen atoms in total. The molecule has 0 aromatic heterocycles. The highest BCUT2D eigenvalue weighted by molar-refractivity contribution is 5.17. The fourth-order valence-corrected chi connectivity index (χ4v) is 0.970. The number of ether oxygens (including phenoxy) is 1. The molecule has 1 unspecified atom stereocenters. The number of hydrogen-bond donors (Lipinski definition) is 0. The fraction of sp³-hybridized carbons (Fsp3) is 0.400. The van der Waals surface area contributed by atoms with E-state index in [0.29, 0.717) is 12.5 Å². The summed E-state index contributed by atoms with van der Waals surface area (Å²) >= 11 is 0. The first-order valence-electron chi connectivity index (χ1n) is 3.95. The molecule has 1 aliphatic carbocycles. The summed E-state index contributed by atoms with van der Waals surface area (Å²) in [5, 5.41) is 0. The van der Waals surface area contributed by atoms with Crippen LogP contribution in [0.3, 0.4) is 0 Å². The van der Waals surface area contributed by atoms with Crippen LogP contribution in [0.15, 0.2) is 36.6 Å². The Kier molecular flexibility index (Phi) is 2.96. The summed E-state index contributed by atoms with van der Waals surface area (Å²) in [7, 11) is 0. The number of rotatable bonds is 3. The Morgan fingerprint density at radius 3 is 3.18 bits per heavy atom. The summed E-state index contributed by atoms with van der Waals surface area (Å²) in [6.45, 7) is 6.38. The van der Waals surface area contributed by atoms with Crippen LogP contribution >= 0.6 is 0 Å². The summed E-state index contributed by atoms with van der Waals surface area (Å²) in [4.78, 5) is 0. The van der Waals surface area contributed by atoms with Gasteiger partial charge < -0.3 is 4.74 Å². The Bertz CT molecular complexity index is 189. The highest BCUT2D eigenvalue weighted by atomic mass is 16.5. The fourth-order valence-electron chi connectivity index (χ4n) is 0.970. The Balaban J connectivity index is 2.37. The molecule has 1 atom stereocenters. The lowest BCUT2D eigenvalue weighted by Crippen LogP contribution is -1.97. The molecule has 1 rings (SSSR count). The van der Waals surface area contributed by atoms with Crippen molar-refractivity contribution >= 4 is 0 Å². The molecule has 0 heterocycles. The lowest BCUT2D eigenvalue weighted by atomic mass is 10.0. The first-order valence-corrected chi connectivity index (χ1v) is 3.95. The molecule has 60 valence electrons. The van der Waals surface area contributed by atoms with Crippen LogP contribution in [0.2, 0.25) is 0 Å². The normalized spacial score (nSPS) is 22.6. The molecule has 0 aromatic carbocycles. The Hall–Kier alpha value is -0.980. The van der Waals surface area contributed by atoms with Crippen molar-refractivity contribution in [1.82, 2.24) is 0 Å². The van der Waals surface area contributed by atoms with Gasteiger partial charge in [-0.3, -0.25) is 0 Å². The van der Waals surface area contributed by atoms with E-state index in [0.717, 1.165) is 12.2 Å². The molecular formula is C10H14O. The predicted octanol–water partition coefficient (Wildman–Crippen LogP) is 2.67. The van der Waals surface area contributed by atoms with Gasteiger partial charge in [-0.05, 0) is 24.5 Å². The lowest BCUT2D eigenvalue weighted by molar-refractivity contribution is 0.258. The molecule has 0 aliphatic heterocycles. The second kappa shape index (κ2) is 4.02. The van der Waals surface area contributed by atoms with Gasteiger partial charge in [-0.25, -0.2) is 0 Å². The number of allylic oxidation sites excluding steroid dienone is 3. The number of hydrogen-bond acceptors (Lipinski definition) is 1. The molecule has 0 bridgehead atoms. The first-order chi connectivity index (χ1) is 5.33.